The van der Waals surface area contributed by atoms with Crippen LogP contribution in [0.25, 0.3) is 0 Å². The molecule has 1 fully saturated rings. The van der Waals surface area contributed by atoms with Gasteiger partial charge in [-0.1, -0.05) is 6.92 Å². The first kappa shape index (κ1) is 8.97. The Morgan fingerprint density at radius 2 is 2.09 bits per heavy atom. The van der Waals surface area contributed by atoms with Crippen LogP contribution in [-0.4, -0.2) is 46.5 Å². The SMILES string of the molecule is CCC1(O)CN(CC(C)O)C1. The molecule has 0 spiro atoms. The zero-order valence-electron chi connectivity index (χ0n) is 7.25. The first-order chi connectivity index (χ1) is 5.06. The van der Waals surface area contributed by atoms with Gasteiger partial charge in [0.05, 0.1) is 11.7 Å². The minimum atomic E-state index is -0.463. The lowest BCUT2D eigenvalue weighted by molar-refractivity contribution is -0.108. The Morgan fingerprint density at radius 1 is 1.55 bits per heavy atom. The fourth-order valence-corrected chi connectivity index (χ4v) is 1.51. The summed E-state index contributed by atoms with van der Waals surface area (Å²) in [6.07, 6.45) is 0.528. The molecule has 1 aliphatic rings. The van der Waals surface area contributed by atoms with Gasteiger partial charge in [-0.3, -0.25) is 4.90 Å². The number of aliphatic hydroxyl groups is 2. The molecule has 0 aromatic rings. The minimum absolute atomic E-state index is 0.281. The molecule has 0 aromatic carbocycles. The van der Waals surface area contributed by atoms with Crippen molar-refractivity contribution >= 4 is 0 Å². The second-order valence-electron chi connectivity index (χ2n) is 3.60. The van der Waals surface area contributed by atoms with Crippen LogP contribution in [0.3, 0.4) is 0 Å². The van der Waals surface area contributed by atoms with Crippen LogP contribution in [0.4, 0.5) is 0 Å². The van der Waals surface area contributed by atoms with Crippen molar-refractivity contribution in [2.24, 2.45) is 0 Å². The minimum Gasteiger partial charge on any atom is -0.392 e. The zero-order valence-corrected chi connectivity index (χ0v) is 7.25. The maximum absolute atomic E-state index is 9.58. The highest BCUT2D eigenvalue weighted by Crippen LogP contribution is 2.23. The van der Waals surface area contributed by atoms with Crippen LogP contribution in [0.1, 0.15) is 20.3 Å². The van der Waals surface area contributed by atoms with Crippen molar-refractivity contribution in [3.8, 4) is 0 Å². The molecular weight excluding hydrogens is 142 g/mol. The molecule has 3 heteroatoms. The number of β-amino-alcohol motifs (C(OH)–C–C–N with tert-alkyl or cyclic N) is 2. The highest BCUT2D eigenvalue weighted by Gasteiger charge is 2.39. The van der Waals surface area contributed by atoms with Gasteiger partial charge in [0.2, 0.25) is 0 Å². The van der Waals surface area contributed by atoms with Gasteiger partial charge in [-0.15, -0.1) is 0 Å². The van der Waals surface area contributed by atoms with E-state index < -0.39 is 5.60 Å². The van der Waals surface area contributed by atoms with Crippen molar-refractivity contribution in [3.63, 3.8) is 0 Å². The summed E-state index contributed by atoms with van der Waals surface area (Å²) in [4.78, 5) is 2.06. The number of likely N-dealkylation sites (tertiary alicyclic amines) is 1. The third-order valence-corrected chi connectivity index (χ3v) is 2.22. The van der Waals surface area contributed by atoms with E-state index >= 15 is 0 Å². The summed E-state index contributed by atoms with van der Waals surface area (Å²) >= 11 is 0. The van der Waals surface area contributed by atoms with Gasteiger partial charge >= 0.3 is 0 Å². The fourth-order valence-electron chi connectivity index (χ4n) is 1.51. The number of rotatable bonds is 3. The van der Waals surface area contributed by atoms with Gasteiger partial charge in [0, 0.05) is 19.6 Å². The molecule has 1 aliphatic heterocycles. The van der Waals surface area contributed by atoms with Crippen LogP contribution in [-0.2, 0) is 0 Å². The van der Waals surface area contributed by atoms with Gasteiger partial charge in [-0.2, -0.15) is 0 Å². The molecule has 11 heavy (non-hydrogen) atoms. The molecule has 0 aliphatic carbocycles. The topological polar surface area (TPSA) is 43.7 Å². The molecule has 2 N–H and O–H groups in total. The Labute approximate surface area is 67.6 Å². The van der Waals surface area contributed by atoms with Gasteiger partial charge in [-0.05, 0) is 13.3 Å². The average molecular weight is 159 g/mol. The van der Waals surface area contributed by atoms with Crippen LogP contribution < -0.4 is 0 Å². The van der Waals surface area contributed by atoms with E-state index in [4.69, 9.17) is 5.11 Å². The van der Waals surface area contributed by atoms with E-state index in [-0.39, 0.29) is 6.10 Å². The van der Waals surface area contributed by atoms with Crippen molar-refractivity contribution < 1.29 is 10.2 Å². The maximum Gasteiger partial charge on any atom is 0.0897 e. The summed E-state index contributed by atoms with van der Waals surface area (Å²) in [5.41, 5.74) is -0.463. The van der Waals surface area contributed by atoms with E-state index in [1.54, 1.807) is 6.92 Å². The second-order valence-corrected chi connectivity index (χ2v) is 3.60. The lowest BCUT2D eigenvalue weighted by Gasteiger charge is -2.46. The summed E-state index contributed by atoms with van der Waals surface area (Å²) in [7, 11) is 0. The van der Waals surface area contributed by atoms with Crippen LogP contribution in [0.5, 0.6) is 0 Å². The highest BCUT2D eigenvalue weighted by molar-refractivity contribution is 4.94. The van der Waals surface area contributed by atoms with Gasteiger partial charge < -0.3 is 10.2 Å². The number of nitrogens with zero attached hydrogens (tertiary/aromatic N) is 1. The van der Waals surface area contributed by atoms with Crippen LogP contribution in [0.2, 0.25) is 0 Å². The third kappa shape index (κ3) is 2.15. The lowest BCUT2D eigenvalue weighted by atomic mass is 9.91. The van der Waals surface area contributed by atoms with E-state index in [0.29, 0.717) is 19.6 Å². The predicted octanol–water partition coefficient (Wildman–Crippen LogP) is -0.176. The maximum atomic E-state index is 9.58. The summed E-state index contributed by atoms with van der Waals surface area (Å²) < 4.78 is 0. The van der Waals surface area contributed by atoms with Gasteiger partial charge in [0.1, 0.15) is 0 Å². The summed E-state index contributed by atoms with van der Waals surface area (Å²) in [6.45, 7) is 5.87. The van der Waals surface area contributed by atoms with Gasteiger partial charge in [0.15, 0.2) is 0 Å². The van der Waals surface area contributed by atoms with E-state index in [2.05, 4.69) is 4.90 Å². The fraction of sp³-hybridized carbons (Fsp3) is 1.00. The van der Waals surface area contributed by atoms with E-state index in [1.165, 1.54) is 0 Å². The number of hydrogen-bond donors (Lipinski definition) is 2. The number of aliphatic hydroxyl groups excluding tert-OH is 1. The van der Waals surface area contributed by atoms with Crippen molar-refractivity contribution in [3.05, 3.63) is 0 Å². The van der Waals surface area contributed by atoms with E-state index in [1.807, 2.05) is 6.92 Å². The Morgan fingerprint density at radius 3 is 2.45 bits per heavy atom. The van der Waals surface area contributed by atoms with Crippen LogP contribution >= 0.6 is 0 Å². The Hall–Kier alpha value is -0.120. The molecule has 0 radical (unpaired) electrons. The van der Waals surface area contributed by atoms with Gasteiger partial charge in [0.25, 0.3) is 0 Å². The quantitative estimate of drug-likeness (QED) is 0.600. The third-order valence-electron chi connectivity index (χ3n) is 2.22. The zero-order chi connectivity index (χ0) is 8.48. The molecular formula is C8H17NO2. The summed E-state index contributed by atoms with van der Waals surface area (Å²) in [6, 6.07) is 0. The van der Waals surface area contributed by atoms with E-state index in [0.717, 1.165) is 6.42 Å². The second kappa shape index (κ2) is 3.09. The standard InChI is InChI=1S/C8H17NO2/c1-3-8(11)5-9(6-8)4-7(2)10/h7,10-11H,3-6H2,1-2H3. The predicted molar refractivity (Wildman–Crippen MR) is 43.4 cm³/mol. The molecule has 3 nitrogen and oxygen atoms in total. The lowest BCUT2D eigenvalue weighted by Crippen LogP contribution is -2.62. The molecule has 1 saturated heterocycles. The highest BCUT2D eigenvalue weighted by atomic mass is 16.3. The molecule has 66 valence electrons. The molecule has 1 heterocycles. The largest absolute Gasteiger partial charge is 0.392 e. The molecule has 1 rings (SSSR count). The smallest absolute Gasteiger partial charge is 0.0897 e. The normalized spacial score (nSPS) is 26.2. The van der Waals surface area contributed by atoms with Crippen molar-refractivity contribution in [1.82, 2.24) is 4.90 Å². The van der Waals surface area contributed by atoms with Gasteiger partial charge in [-0.25, -0.2) is 0 Å². The molecule has 0 saturated carbocycles. The average Bonchev–Trinajstić information content (AvgIpc) is 1.83. The first-order valence-corrected chi connectivity index (χ1v) is 4.18. The molecule has 0 aromatic heterocycles. The Bertz CT molecular complexity index is 130. The Kier molecular flexibility index (Phi) is 2.52. The van der Waals surface area contributed by atoms with Crippen molar-refractivity contribution in [2.75, 3.05) is 19.6 Å². The molecule has 1 unspecified atom stereocenters. The van der Waals surface area contributed by atoms with Crippen LogP contribution in [0.15, 0.2) is 0 Å². The van der Waals surface area contributed by atoms with Crippen molar-refractivity contribution in [2.45, 2.75) is 32.0 Å². The molecule has 1 atom stereocenters. The Balaban J connectivity index is 2.18. The monoisotopic (exact) mass is 159 g/mol. The number of hydrogen-bond acceptors (Lipinski definition) is 3. The molecule has 0 amide bonds. The van der Waals surface area contributed by atoms with Crippen LogP contribution in [0, 0.1) is 0 Å². The summed E-state index contributed by atoms with van der Waals surface area (Å²) in [5.74, 6) is 0. The van der Waals surface area contributed by atoms with E-state index in [9.17, 15) is 5.11 Å². The summed E-state index contributed by atoms with van der Waals surface area (Å²) in [5, 5.41) is 18.6. The molecule has 0 bridgehead atoms. The first-order valence-electron chi connectivity index (χ1n) is 4.18. The van der Waals surface area contributed by atoms with Crippen molar-refractivity contribution in [1.29, 1.82) is 0 Å².